The number of Topliss-reactive ketones (excluding diaryl/α,β-unsaturated/α-hetero) is 1. The first-order chi connectivity index (χ1) is 10.0. The molecule has 3 N–H and O–H groups in total. The minimum atomic E-state index is -0.387. The highest BCUT2D eigenvalue weighted by molar-refractivity contribution is 6.06. The van der Waals surface area contributed by atoms with Crippen molar-refractivity contribution in [2.24, 2.45) is 0 Å². The van der Waals surface area contributed by atoms with Crippen LogP contribution in [0.2, 0.25) is 0 Å². The van der Waals surface area contributed by atoms with Gasteiger partial charge in [0.1, 0.15) is 5.75 Å². The number of nitrogens with one attached hydrogen (secondary N) is 2. The van der Waals surface area contributed by atoms with E-state index in [-0.39, 0.29) is 32.3 Å². The maximum atomic E-state index is 12.2. The van der Waals surface area contributed by atoms with Crippen LogP contribution < -0.4 is 10.6 Å². The number of carbonyl (C=O) groups excluding carboxylic acids is 2. The van der Waals surface area contributed by atoms with Crippen LogP contribution in [0.1, 0.15) is 42.5 Å². The zero-order valence-corrected chi connectivity index (χ0v) is 11.8. The lowest BCUT2D eigenvalue weighted by Crippen LogP contribution is -2.12. The van der Waals surface area contributed by atoms with Gasteiger partial charge in [-0.3, -0.25) is 9.59 Å². The van der Waals surface area contributed by atoms with Crippen LogP contribution in [0.25, 0.3) is 0 Å². The number of rotatable bonds is 4. The fourth-order valence-electron chi connectivity index (χ4n) is 1.87. The lowest BCUT2D eigenvalue weighted by molar-refractivity contribution is 0.101. The van der Waals surface area contributed by atoms with Crippen LogP contribution in [0.3, 0.4) is 0 Å². The molecule has 2 aromatic carbocycles. The van der Waals surface area contributed by atoms with E-state index in [9.17, 15) is 14.7 Å². The molecular formula is C18H24N2O3. The average Bonchev–Trinajstić information content (AvgIpc) is 2.49. The molecule has 0 unspecified atom stereocenters. The van der Waals surface area contributed by atoms with Crippen molar-refractivity contribution in [2.75, 3.05) is 17.7 Å². The lowest BCUT2D eigenvalue weighted by Gasteiger charge is -2.10. The first kappa shape index (κ1) is 20.2. The second kappa shape index (κ2) is 8.58. The molecule has 0 bridgehead atoms. The molecule has 0 heterocycles. The molecule has 0 radical (unpaired) electrons. The largest absolute Gasteiger partial charge is 0.506 e. The molecule has 0 aliphatic heterocycles. The van der Waals surface area contributed by atoms with Crippen molar-refractivity contribution in [3.8, 4) is 5.75 Å². The number of carbonyl (C=O) groups is 2. The molecule has 124 valence electrons. The van der Waals surface area contributed by atoms with Crippen LogP contribution in [-0.2, 0) is 0 Å². The minimum Gasteiger partial charge on any atom is -0.506 e. The molecule has 5 heteroatoms. The van der Waals surface area contributed by atoms with E-state index in [4.69, 9.17) is 0 Å². The van der Waals surface area contributed by atoms with Gasteiger partial charge in [-0.1, -0.05) is 27.0 Å². The Bertz CT molecular complexity index is 696. The fourth-order valence-corrected chi connectivity index (χ4v) is 1.87. The fraction of sp³-hybridized carbons (Fsp3) is 0.222. The molecule has 23 heavy (non-hydrogen) atoms. The minimum absolute atomic E-state index is 0. The quantitative estimate of drug-likeness (QED) is 0.449. The summed E-state index contributed by atoms with van der Waals surface area (Å²) in [6, 6.07) is 11.3. The second-order valence-electron chi connectivity index (χ2n) is 4.57. The summed E-state index contributed by atoms with van der Waals surface area (Å²) in [6.45, 7) is 1.44. The van der Waals surface area contributed by atoms with Crippen LogP contribution in [-0.4, -0.2) is 23.8 Å². The number of benzene rings is 2. The highest BCUT2D eigenvalue weighted by Gasteiger charge is 2.11. The number of amides is 1. The summed E-state index contributed by atoms with van der Waals surface area (Å²) in [5, 5.41) is 15.3. The number of aromatic hydroxyl groups is 1. The normalized spacial score (nSPS) is 9.13. The third-order valence-corrected chi connectivity index (χ3v) is 3.06. The molecule has 0 atom stereocenters. The number of ketones is 1. The van der Waals surface area contributed by atoms with Gasteiger partial charge in [0.25, 0.3) is 5.91 Å². The lowest BCUT2D eigenvalue weighted by atomic mass is 10.1. The van der Waals surface area contributed by atoms with Gasteiger partial charge in [0.15, 0.2) is 5.78 Å². The molecule has 0 fully saturated rings. The van der Waals surface area contributed by atoms with Crippen LogP contribution in [0.4, 0.5) is 11.4 Å². The third-order valence-electron chi connectivity index (χ3n) is 3.06. The Balaban J connectivity index is 0.00000242. The van der Waals surface area contributed by atoms with Gasteiger partial charge in [0.2, 0.25) is 0 Å². The predicted octanol–water partition coefficient (Wildman–Crippen LogP) is 4.16. The van der Waals surface area contributed by atoms with Crippen molar-refractivity contribution in [1.29, 1.82) is 0 Å². The van der Waals surface area contributed by atoms with E-state index in [1.807, 2.05) is 0 Å². The molecule has 1 amide bonds. The Morgan fingerprint density at radius 3 is 2.26 bits per heavy atom. The van der Waals surface area contributed by atoms with E-state index in [0.717, 1.165) is 5.69 Å². The van der Waals surface area contributed by atoms with Gasteiger partial charge in [-0.15, -0.1) is 0 Å². The van der Waals surface area contributed by atoms with E-state index in [0.29, 0.717) is 16.8 Å². The Morgan fingerprint density at radius 1 is 1.00 bits per heavy atom. The van der Waals surface area contributed by atoms with Crippen LogP contribution in [0.5, 0.6) is 5.75 Å². The molecule has 0 saturated heterocycles. The van der Waals surface area contributed by atoms with Gasteiger partial charge in [-0.25, -0.2) is 0 Å². The van der Waals surface area contributed by atoms with E-state index in [1.54, 1.807) is 37.4 Å². The molecule has 0 aliphatic carbocycles. The molecule has 2 aromatic rings. The van der Waals surface area contributed by atoms with Crippen LogP contribution >= 0.6 is 0 Å². The highest BCUT2D eigenvalue weighted by atomic mass is 16.3. The van der Waals surface area contributed by atoms with Crippen LogP contribution in [0.15, 0.2) is 42.5 Å². The summed E-state index contributed by atoms with van der Waals surface area (Å²) >= 11 is 0. The number of phenolic OH excluding ortho intramolecular Hbond substituents is 1. The van der Waals surface area contributed by atoms with Crippen molar-refractivity contribution >= 4 is 23.1 Å². The van der Waals surface area contributed by atoms with Gasteiger partial charge in [-0.05, 0) is 37.3 Å². The Kier molecular flexibility index (Phi) is 7.53. The monoisotopic (exact) mass is 316 g/mol. The molecular weight excluding hydrogens is 292 g/mol. The summed E-state index contributed by atoms with van der Waals surface area (Å²) in [4.78, 5) is 23.5. The Hall–Kier alpha value is -2.82. The van der Waals surface area contributed by atoms with E-state index >= 15 is 0 Å². The standard InChI is InChI=1S/C16H16N2O3.2CH4/c1-10(19)11-4-3-5-12(8-11)16(21)18-14-9-13(17-2)6-7-15(14)20;;/h3-9,17,20H,1-2H3,(H,18,21);2*1H4. The van der Waals surface area contributed by atoms with E-state index < -0.39 is 0 Å². The number of anilines is 2. The SMILES string of the molecule is C.C.CNc1ccc(O)c(NC(=O)c2cccc(C(C)=O)c2)c1. The number of hydrogen-bond acceptors (Lipinski definition) is 4. The van der Waals surface area contributed by atoms with Crippen molar-refractivity contribution < 1.29 is 14.7 Å². The van der Waals surface area contributed by atoms with Gasteiger partial charge < -0.3 is 15.7 Å². The third kappa shape index (κ3) is 4.85. The van der Waals surface area contributed by atoms with Gasteiger partial charge in [0.05, 0.1) is 5.69 Å². The van der Waals surface area contributed by atoms with Crippen molar-refractivity contribution in [3.05, 3.63) is 53.6 Å². The topological polar surface area (TPSA) is 78.4 Å². The highest BCUT2D eigenvalue weighted by Crippen LogP contribution is 2.27. The zero-order valence-electron chi connectivity index (χ0n) is 11.8. The molecule has 5 nitrogen and oxygen atoms in total. The Morgan fingerprint density at radius 2 is 1.65 bits per heavy atom. The first-order valence-corrected chi connectivity index (χ1v) is 6.44. The predicted molar refractivity (Wildman–Crippen MR) is 95.5 cm³/mol. The average molecular weight is 316 g/mol. The van der Waals surface area contributed by atoms with Crippen molar-refractivity contribution in [2.45, 2.75) is 21.8 Å². The first-order valence-electron chi connectivity index (χ1n) is 6.44. The van der Waals surface area contributed by atoms with Crippen LogP contribution in [0, 0.1) is 0 Å². The van der Waals surface area contributed by atoms with Crippen molar-refractivity contribution in [1.82, 2.24) is 0 Å². The number of hydrogen-bond donors (Lipinski definition) is 3. The molecule has 0 aliphatic rings. The van der Waals surface area contributed by atoms with E-state index in [1.165, 1.54) is 19.1 Å². The summed E-state index contributed by atoms with van der Waals surface area (Å²) in [5.41, 5.74) is 1.90. The Labute approximate surface area is 137 Å². The van der Waals surface area contributed by atoms with Gasteiger partial charge in [-0.2, -0.15) is 0 Å². The second-order valence-corrected chi connectivity index (χ2v) is 4.57. The molecule has 0 saturated carbocycles. The number of phenols is 1. The van der Waals surface area contributed by atoms with Crippen molar-refractivity contribution in [3.63, 3.8) is 0 Å². The maximum Gasteiger partial charge on any atom is 0.255 e. The summed E-state index contributed by atoms with van der Waals surface area (Å²) < 4.78 is 0. The molecule has 0 spiro atoms. The maximum absolute atomic E-state index is 12.2. The zero-order chi connectivity index (χ0) is 15.4. The summed E-state index contributed by atoms with van der Waals surface area (Å²) in [5.74, 6) is -0.517. The molecule has 0 aromatic heterocycles. The smallest absolute Gasteiger partial charge is 0.255 e. The van der Waals surface area contributed by atoms with Gasteiger partial charge in [0, 0.05) is 23.9 Å². The molecule has 2 rings (SSSR count). The van der Waals surface area contributed by atoms with Gasteiger partial charge >= 0.3 is 0 Å². The van der Waals surface area contributed by atoms with E-state index in [2.05, 4.69) is 10.6 Å². The summed E-state index contributed by atoms with van der Waals surface area (Å²) in [6.07, 6.45) is 0. The summed E-state index contributed by atoms with van der Waals surface area (Å²) in [7, 11) is 1.74.